The summed E-state index contributed by atoms with van der Waals surface area (Å²) in [5.74, 6) is -1.60. The van der Waals surface area contributed by atoms with Crippen LogP contribution in [0.2, 0.25) is 0 Å². The molecule has 11 nitrogen and oxygen atoms in total. The first kappa shape index (κ1) is 23.1. The van der Waals surface area contributed by atoms with E-state index < -0.39 is 21.8 Å². The highest BCUT2D eigenvalue weighted by Crippen LogP contribution is 2.12. The van der Waals surface area contributed by atoms with Gasteiger partial charge < -0.3 is 14.9 Å². The van der Waals surface area contributed by atoms with E-state index in [2.05, 4.69) is 4.74 Å². The SMILES string of the molecule is CO.COC(=O)c1ccc([N+](=O)[O-])cc1.O=C(O)c1ccc([N+](=O)[O-])cc1. The first-order valence-corrected chi connectivity index (χ1v) is 7.01. The maximum absolute atomic E-state index is 10.9. The molecule has 2 aromatic carbocycles. The molecule has 0 aliphatic heterocycles. The lowest BCUT2D eigenvalue weighted by atomic mass is 10.2. The molecule has 0 heterocycles. The summed E-state index contributed by atoms with van der Waals surface area (Å²) >= 11 is 0. The van der Waals surface area contributed by atoms with E-state index in [-0.39, 0.29) is 16.9 Å². The average Bonchev–Trinajstić information content (AvgIpc) is 2.69. The van der Waals surface area contributed by atoms with Crippen LogP contribution in [0, 0.1) is 20.2 Å². The molecule has 0 fully saturated rings. The van der Waals surface area contributed by atoms with Gasteiger partial charge in [-0.05, 0) is 24.3 Å². The number of aliphatic hydroxyl groups is 1. The van der Waals surface area contributed by atoms with Crippen LogP contribution in [-0.4, -0.2) is 46.2 Å². The van der Waals surface area contributed by atoms with Crippen LogP contribution in [0.3, 0.4) is 0 Å². The molecule has 0 saturated heterocycles. The number of carbonyl (C=O) groups excluding carboxylic acids is 1. The minimum absolute atomic E-state index is 0.0422. The third-order valence-electron chi connectivity index (χ3n) is 2.82. The number of nitro benzene ring substituents is 2. The maximum Gasteiger partial charge on any atom is 0.337 e. The fraction of sp³-hybridized carbons (Fsp3) is 0.125. The van der Waals surface area contributed by atoms with Crippen LogP contribution in [0.25, 0.3) is 0 Å². The van der Waals surface area contributed by atoms with Gasteiger partial charge in [0.25, 0.3) is 11.4 Å². The van der Waals surface area contributed by atoms with Crippen LogP contribution in [0.1, 0.15) is 20.7 Å². The molecule has 0 atom stereocenters. The number of carbonyl (C=O) groups is 2. The Hall–Kier alpha value is -3.86. The maximum atomic E-state index is 10.9. The summed E-state index contributed by atoms with van der Waals surface area (Å²) in [4.78, 5) is 40.5. The van der Waals surface area contributed by atoms with Gasteiger partial charge in [0, 0.05) is 31.4 Å². The quantitative estimate of drug-likeness (QED) is 0.458. The van der Waals surface area contributed by atoms with Crippen molar-refractivity contribution >= 4 is 23.3 Å². The number of methoxy groups -OCH3 is 1. The van der Waals surface area contributed by atoms with Gasteiger partial charge in [-0.15, -0.1) is 0 Å². The highest BCUT2D eigenvalue weighted by molar-refractivity contribution is 5.89. The van der Waals surface area contributed by atoms with Crippen molar-refractivity contribution in [3.05, 3.63) is 79.9 Å². The molecule has 0 aliphatic carbocycles. The molecule has 2 aromatic rings. The summed E-state index contributed by atoms with van der Waals surface area (Å²) in [6.45, 7) is 0. The van der Waals surface area contributed by atoms with Crippen molar-refractivity contribution in [1.82, 2.24) is 0 Å². The zero-order valence-electron chi connectivity index (χ0n) is 14.3. The topological polar surface area (TPSA) is 170 Å². The zero-order chi connectivity index (χ0) is 21.0. The average molecular weight is 380 g/mol. The van der Waals surface area contributed by atoms with Crippen molar-refractivity contribution in [2.24, 2.45) is 0 Å². The Morgan fingerprint density at radius 3 is 1.41 bits per heavy atom. The fourth-order valence-electron chi connectivity index (χ4n) is 1.56. The van der Waals surface area contributed by atoms with Gasteiger partial charge in [0.1, 0.15) is 0 Å². The number of nitrogens with zero attached hydrogens (tertiary/aromatic N) is 2. The van der Waals surface area contributed by atoms with E-state index in [1.165, 1.54) is 43.5 Å². The second-order valence-electron chi connectivity index (χ2n) is 4.40. The number of hydrogen-bond donors (Lipinski definition) is 2. The van der Waals surface area contributed by atoms with Crippen LogP contribution in [0.5, 0.6) is 0 Å². The number of nitro groups is 2. The van der Waals surface area contributed by atoms with Crippen molar-refractivity contribution in [3.8, 4) is 0 Å². The summed E-state index contributed by atoms with van der Waals surface area (Å²) in [6, 6.07) is 9.92. The first-order valence-electron chi connectivity index (χ1n) is 7.01. The van der Waals surface area contributed by atoms with E-state index in [1.807, 2.05) is 0 Å². The van der Waals surface area contributed by atoms with E-state index in [4.69, 9.17) is 10.2 Å². The Balaban J connectivity index is 0.000000460. The Labute approximate surface area is 152 Å². The number of benzene rings is 2. The highest BCUT2D eigenvalue weighted by atomic mass is 16.6. The van der Waals surface area contributed by atoms with Gasteiger partial charge in [0.15, 0.2) is 0 Å². The number of rotatable bonds is 4. The lowest BCUT2D eigenvalue weighted by Crippen LogP contribution is -2.00. The monoisotopic (exact) mass is 380 g/mol. The van der Waals surface area contributed by atoms with Crippen molar-refractivity contribution in [1.29, 1.82) is 0 Å². The number of aromatic carboxylic acids is 1. The molecule has 0 aromatic heterocycles. The first-order chi connectivity index (χ1) is 12.8. The second kappa shape index (κ2) is 11.7. The van der Waals surface area contributed by atoms with Crippen LogP contribution < -0.4 is 0 Å². The summed E-state index contributed by atoms with van der Waals surface area (Å²) < 4.78 is 4.43. The van der Waals surface area contributed by atoms with Gasteiger partial charge in [-0.25, -0.2) is 9.59 Å². The number of non-ortho nitro benzene ring substituents is 2. The largest absolute Gasteiger partial charge is 0.478 e. The second-order valence-corrected chi connectivity index (χ2v) is 4.40. The Morgan fingerprint density at radius 1 is 0.815 bits per heavy atom. The Kier molecular flexibility index (Phi) is 9.99. The van der Waals surface area contributed by atoms with Crippen LogP contribution in [0.15, 0.2) is 48.5 Å². The predicted octanol–water partition coefficient (Wildman–Crippen LogP) is 2.28. The molecule has 27 heavy (non-hydrogen) atoms. The zero-order valence-corrected chi connectivity index (χ0v) is 14.3. The van der Waals surface area contributed by atoms with Crippen molar-refractivity contribution in [2.45, 2.75) is 0 Å². The molecule has 0 aliphatic rings. The smallest absolute Gasteiger partial charge is 0.337 e. The van der Waals surface area contributed by atoms with Gasteiger partial charge >= 0.3 is 11.9 Å². The minimum Gasteiger partial charge on any atom is -0.478 e. The molecule has 0 saturated carbocycles. The number of aliphatic hydroxyl groups excluding tert-OH is 1. The summed E-state index contributed by atoms with van der Waals surface area (Å²) in [6.07, 6.45) is 0. The van der Waals surface area contributed by atoms with Crippen molar-refractivity contribution in [3.63, 3.8) is 0 Å². The van der Waals surface area contributed by atoms with Gasteiger partial charge in [0.2, 0.25) is 0 Å². The Bertz CT molecular complexity index is 754. The lowest BCUT2D eigenvalue weighted by molar-refractivity contribution is -0.385. The van der Waals surface area contributed by atoms with Crippen LogP contribution in [-0.2, 0) is 4.74 Å². The number of carboxylic acids is 1. The highest BCUT2D eigenvalue weighted by Gasteiger charge is 2.08. The molecule has 11 heteroatoms. The Morgan fingerprint density at radius 2 is 1.15 bits per heavy atom. The summed E-state index contributed by atoms with van der Waals surface area (Å²) in [7, 11) is 2.25. The van der Waals surface area contributed by atoms with Crippen LogP contribution in [0.4, 0.5) is 11.4 Å². The summed E-state index contributed by atoms with van der Waals surface area (Å²) in [5, 5.41) is 35.8. The van der Waals surface area contributed by atoms with Gasteiger partial charge in [0.05, 0.1) is 28.1 Å². The number of esters is 1. The molecule has 2 rings (SSSR count). The molecule has 144 valence electrons. The van der Waals surface area contributed by atoms with E-state index in [9.17, 15) is 29.8 Å². The van der Waals surface area contributed by atoms with Gasteiger partial charge in [-0.3, -0.25) is 20.2 Å². The van der Waals surface area contributed by atoms with Gasteiger partial charge in [-0.2, -0.15) is 0 Å². The van der Waals surface area contributed by atoms with Crippen molar-refractivity contribution < 1.29 is 34.4 Å². The third-order valence-corrected chi connectivity index (χ3v) is 2.82. The number of hydrogen-bond acceptors (Lipinski definition) is 8. The predicted molar refractivity (Wildman–Crippen MR) is 92.6 cm³/mol. The lowest BCUT2D eigenvalue weighted by Gasteiger charge is -1.97. The molecular weight excluding hydrogens is 364 g/mol. The minimum atomic E-state index is -1.09. The molecule has 0 amide bonds. The van der Waals surface area contributed by atoms with E-state index >= 15 is 0 Å². The molecule has 0 unspecified atom stereocenters. The molecule has 2 N–H and O–H groups in total. The van der Waals surface area contributed by atoms with E-state index in [1.54, 1.807) is 0 Å². The summed E-state index contributed by atoms with van der Waals surface area (Å²) in [5.41, 5.74) is 0.182. The molecule has 0 radical (unpaired) electrons. The number of ether oxygens (including phenoxy) is 1. The molecular formula is C16H16N2O9. The van der Waals surface area contributed by atoms with E-state index in [0.29, 0.717) is 5.56 Å². The normalized spacial score (nSPS) is 8.85. The third kappa shape index (κ3) is 7.70. The fourth-order valence-corrected chi connectivity index (χ4v) is 1.56. The van der Waals surface area contributed by atoms with Gasteiger partial charge in [-0.1, -0.05) is 0 Å². The number of carboxylic acid groups (broad SMARTS) is 1. The standard InChI is InChI=1S/C8H7NO4.C7H5NO4.CH4O/c1-13-8(10)6-2-4-7(5-3-6)9(11)12;9-7(10)5-1-3-6(4-2-5)8(11)12;1-2/h2-5H,1H3;1-4H,(H,9,10);2H,1H3. The van der Waals surface area contributed by atoms with E-state index in [0.717, 1.165) is 19.2 Å². The molecule has 0 bridgehead atoms. The van der Waals surface area contributed by atoms with Crippen molar-refractivity contribution in [2.75, 3.05) is 14.2 Å². The molecule has 0 spiro atoms. The van der Waals surface area contributed by atoms with Crippen LogP contribution >= 0.6 is 0 Å².